The molecule has 0 unspecified atom stereocenters. The molecule has 120 valence electrons. The van der Waals surface area contributed by atoms with Crippen molar-refractivity contribution in [3.63, 3.8) is 0 Å². The number of aromatic nitrogens is 2. The number of aryl methyl sites for hydroxylation is 1. The summed E-state index contributed by atoms with van der Waals surface area (Å²) in [7, 11) is 0. The molecule has 1 aromatic heterocycles. The van der Waals surface area contributed by atoms with Gasteiger partial charge in [0.1, 0.15) is 0 Å². The Labute approximate surface area is 127 Å². The maximum Gasteiger partial charge on any atom is 0.294 e. The van der Waals surface area contributed by atoms with Gasteiger partial charge in [0.05, 0.1) is 12.3 Å². The smallest absolute Gasteiger partial charge is 0.294 e. The molecule has 0 bridgehead atoms. The van der Waals surface area contributed by atoms with Gasteiger partial charge in [-0.2, -0.15) is 0 Å². The van der Waals surface area contributed by atoms with Gasteiger partial charge in [0.15, 0.2) is 0 Å². The van der Waals surface area contributed by atoms with Crippen LogP contribution in [-0.4, -0.2) is 16.6 Å². The van der Waals surface area contributed by atoms with Crippen molar-refractivity contribution in [2.75, 3.05) is 12.3 Å². The summed E-state index contributed by atoms with van der Waals surface area (Å²) in [6.07, 6.45) is 11.4. The highest BCUT2D eigenvalue weighted by Gasteiger charge is 2.07. The predicted molar refractivity (Wildman–Crippen MR) is 86.7 cm³/mol. The van der Waals surface area contributed by atoms with Gasteiger partial charge in [-0.15, -0.1) is 0 Å². The molecule has 0 aliphatic carbocycles. The summed E-state index contributed by atoms with van der Waals surface area (Å²) in [6.45, 7) is 4.53. The third-order valence-corrected chi connectivity index (χ3v) is 3.56. The summed E-state index contributed by atoms with van der Waals surface area (Å²) in [6, 6.07) is 0. The third-order valence-electron chi connectivity index (χ3n) is 3.56. The molecule has 0 aliphatic rings. The zero-order chi connectivity index (χ0) is 15.5. The first kappa shape index (κ1) is 17.5. The van der Waals surface area contributed by atoms with E-state index < -0.39 is 0 Å². The topological polar surface area (TPSA) is 81.0 Å². The van der Waals surface area contributed by atoms with E-state index in [-0.39, 0.29) is 11.5 Å². The monoisotopic (exact) mass is 295 g/mol. The van der Waals surface area contributed by atoms with Crippen LogP contribution >= 0.6 is 0 Å². The molecule has 1 heterocycles. The van der Waals surface area contributed by atoms with E-state index in [4.69, 9.17) is 10.5 Å². The fourth-order valence-electron chi connectivity index (χ4n) is 2.35. The summed E-state index contributed by atoms with van der Waals surface area (Å²) in [5, 5.41) is 0. The van der Waals surface area contributed by atoms with Crippen LogP contribution in [0.25, 0.3) is 0 Å². The standard InChI is InChI=1S/C16H29N3O2/c1-3-4-5-6-7-8-9-10-11-12-21-14-13(2)18-16(17)19-15(14)20/h3-12H2,1-2H3,(H3,17,18,19,20). The number of nitrogens with two attached hydrogens (primary N) is 1. The largest absolute Gasteiger partial charge is 0.486 e. The fraction of sp³-hybridized carbons (Fsp3) is 0.750. The maximum atomic E-state index is 11.7. The Morgan fingerprint density at radius 3 is 2.19 bits per heavy atom. The Morgan fingerprint density at radius 1 is 1.05 bits per heavy atom. The van der Waals surface area contributed by atoms with Gasteiger partial charge >= 0.3 is 0 Å². The van der Waals surface area contributed by atoms with Crippen molar-refractivity contribution in [3.8, 4) is 5.75 Å². The number of H-pyrrole nitrogens is 1. The van der Waals surface area contributed by atoms with Gasteiger partial charge < -0.3 is 10.5 Å². The summed E-state index contributed by atoms with van der Waals surface area (Å²) < 4.78 is 5.52. The summed E-state index contributed by atoms with van der Waals surface area (Å²) in [4.78, 5) is 18.1. The lowest BCUT2D eigenvalue weighted by Crippen LogP contribution is -2.17. The molecule has 1 rings (SSSR count). The number of ether oxygens (including phenoxy) is 1. The molecule has 5 heteroatoms. The highest BCUT2D eigenvalue weighted by atomic mass is 16.5. The first-order valence-corrected chi connectivity index (χ1v) is 8.14. The molecule has 0 amide bonds. The van der Waals surface area contributed by atoms with Crippen LogP contribution in [-0.2, 0) is 0 Å². The number of hydrogen-bond acceptors (Lipinski definition) is 4. The molecular weight excluding hydrogens is 266 g/mol. The minimum Gasteiger partial charge on any atom is -0.486 e. The molecule has 0 radical (unpaired) electrons. The number of unbranched alkanes of at least 4 members (excludes halogenated alkanes) is 8. The first-order chi connectivity index (χ1) is 10.1. The highest BCUT2D eigenvalue weighted by molar-refractivity contribution is 5.29. The number of rotatable bonds is 11. The quantitative estimate of drug-likeness (QED) is 0.611. The molecule has 3 N–H and O–H groups in total. The van der Waals surface area contributed by atoms with Gasteiger partial charge in [-0.05, 0) is 13.3 Å². The molecule has 0 aliphatic heterocycles. The Hall–Kier alpha value is -1.52. The van der Waals surface area contributed by atoms with Crippen molar-refractivity contribution in [2.24, 2.45) is 0 Å². The zero-order valence-corrected chi connectivity index (χ0v) is 13.4. The van der Waals surface area contributed by atoms with Gasteiger partial charge in [-0.1, -0.05) is 58.3 Å². The number of nitrogen functional groups attached to an aromatic ring is 1. The van der Waals surface area contributed by atoms with Crippen molar-refractivity contribution in [3.05, 3.63) is 16.0 Å². The molecule has 0 spiro atoms. The van der Waals surface area contributed by atoms with Crippen molar-refractivity contribution in [1.29, 1.82) is 0 Å². The average Bonchev–Trinajstić information content (AvgIpc) is 2.43. The first-order valence-electron chi connectivity index (χ1n) is 8.14. The van der Waals surface area contributed by atoms with Crippen LogP contribution in [0.15, 0.2) is 4.79 Å². The van der Waals surface area contributed by atoms with E-state index >= 15 is 0 Å². The summed E-state index contributed by atoms with van der Waals surface area (Å²) in [5.74, 6) is 0.427. The molecule has 1 aromatic rings. The van der Waals surface area contributed by atoms with E-state index in [2.05, 4.69) is 16.9 Å². The Morgan fingerprint density at radius 2 is 1.62 bits per heavy atom. The lowest BCUT2D eigenvalue weighted by molar-refractivity contribution is 0.296. The Bertz CT molecular complexity index is 457. The van der Waals surface area contributed by atoms with Crippen LogP contribution in [0.5, 0.6) is 5.75 Å². The Balaban J connectivity index is 2.08. The second-order valence-electron chi connectivity index (χ2n) is 5.54. The van der Waals surface area contributed by atoms with Gasteiger partial charge in [-0.25, -0.2) is 4.98 Å². The highest BCUT2D eigenvalue weighted by Crippen LogP contribution is 2.12. The normalized spacial score (nSPS) is 10.8. The number of anilines is 1. The minimum atomic E-state index is -0.295. The average molecular weight is 295 g/mol. The molecule has 5 nitrogen and oxygen atoms in total. The van der Waals surface area contributed by atoms with E-state index in [0.29, 0.717) is 18.1 Å². The summed E-state index contributed by atoms with van der Waals surface area (Å²) in [5.41, 5.74) is 5.71. The van der Waals surface area contributed by atoms with Crippen LogP contribution in [0.2, 0.25) is 0 Å². The SMILES string of the molecule is CCCCCCCCCCCOc1c(C)nc(N)[nH]c1=O. The van der Waals surface area contributed by atoms with Gasteiger partial charge in [0.25, 0.3) is 5.56 Å². The van der Waals surface area contributed by atoms with Crippen LogP contribution in [0.3, 0.4) is 0 Å². The van der Waals surface area contributed by atoms with Crippen molar-refractivity contribution in [1.82, 2.24) is 9.97 Å². The number of aromatic amines is 1. The molecule has 0 aromatic carbocycles. The molecule has 21 heavy (non-hydrogen) atoms. The minimum absolute atomic E-state index is 0.132. The van der Waals surface area contributed by atoms with E-state index in [9.17, 15) is 4.79 Å². The van der Waals surface area contributed by atoms with E-state index in [1.807, 2.05) is 0 Å². The third kappa shape index (κ3) is 7.16. The number of nitrogens with zero attached hydrogens (tertiary/aromatic N) is 1. The maximum absolute atomic E-state index is 11.7. The van der Waals surface area contributed by atoms with E-state index in [0.717, 1.165) is 12.8 Å². The van der Waals surface area contributed by atoms with Crippen molar-refractivity contribution in [2.45, 2.75) is 71.6 Å². The Kier molecular flexibility index (Phi) is 8.55. The van der Waals surface area contributed by atoms with Gasteiger partial charge in [-0.3, -0.25) is 9.78 Å². The van der Waals surface area contributed by atoms with E-state index in [1.54, 1.807) is 6.92 Å². The predicted octanol–water partition coefficient (Wildman–Crippen LogP) is 3.57. The van der Waals surface area contributed by atoms with Gasteiger partial charge in [0, 0.05) is 0 Å². The second kappa shape index (κ2) is 10.2. The molecule has 0 saturated carbocycles. The fourth-order valence-corrected chi connectivity index (χ4v) is 2.35. The van der Waals surface area contributed by atoms with Crippen LogP contribution in [0, 0.1) is 6.92 Å². The number of nitrogens with one attached hydrogen (secondary N) is 1. The van der Waals surface area contributed by atoms with Crippen molar-refractivity contribution < 1.29 is 4.74 Å². The van der Waals surface area contributed by atoms with Crippen LogP contribution in [0.4, 0.5) is 5.95 Å². The van der Waals surface area contributed by atoms with Crippen LogP contribution < -0.4 is 16.0 Å². The van der Waals surface area contributed by atoms with Crippen LogP contribution in [0.1, 0.15) is 70.4 Å². The zero-order valence-electron chi connectivity index (χ0n) is 13.4. The lowest BCUT2D eigenvalue weighted by atomic mass is 10.1. The molecule has 0 atom stereocenters. The second-order valence-corrected chi connectivity index (χ2v) is 5.54. The molecular formula is C16H29N3O2. The molecule has 0 fully saturated rings. The summed E-state index contributed by atoms with van der Waals surface area (Å²) >= 11 is 0. The lowest BCUT2D eigenvalue weighted by Gasteiger charge is -2.07. The van der Waals surface area contributed by atoms with Gasteiger partial charge in [0.2, 0.25) is 11.7 Å². The van der Waals surface area contributed by atoms with E-state index in [1.165, 1.54) is 44.9 Å². The number of hydrogen-bond donors (Lipinski definition) is 2. The van der Waals surface area contributed by atoms with Crippen molar-refractivity contribution >= 4 is 5.95 Å². The molecule has 0 saturated heterocycles.